The smallest absolute Gasteiger partial charge is 0.308 e. The molecule has 2 amide bonds. The zero-order chi connectivity index (χ0) is 28.3. The molecule has 40 heavy (non-hydrogen) atoms. The second-order valence-electron chi connectivity index (χ2n) is 9.11. The molecule has 5 rings (SSSR count). The molecule has 0 saturated heterocycles. The maximum atomic E-state index is 13.9. The number of hydrogen-bond donors (Lipinski definition) is 2. The number of ketones is 1. The van der Waals surface area contributed by atoms with Gasteiger partial charge in [-0.3, -0.25) is 9.78 Å². The van der Waals surface area contributed by atoms with Gasteiger partial charge in [0.15, 0.2) is 5.78 Å². The van der Waals surface area contributed by atoms with Crippen molar-refractivity contribution in [1.82, 2.24) is 4.98 Å². The highest BCUT2D eigenvalue weighted by Crippen LogP contribution is 2.39. The Hall–Kier alpha value is -4.98. The minimum atomic E-state index is -4.63. The number of para-hydroxylation sites is 2. The number of nitrogens with zero attached hydrogens (tertiary/aromatic N) is 1. The molecule has 0 unspecified atom stereocenters. The summed E-state index contributed by atoms with van der Waals surface area (Å²) in [4.78, 5) is 30.5. The summed E-state index contributed by atoms with van der Waals surface area (Å²) in [6.07, 6.45) is -2.71. The first-order valence-electron chi connectivity index (χ1n) is 12.6. The minimum absolute atomic E-state index is 0.150. The molecule has 2 N–H and O–H groups in total. The van der Waals surface area contributed by atoms with Crippen LogP contribution in [-0.4, -0.2) is 16.8 Å². The topological polar surface area (TPSA) is 71.1 Å². The van der Waals surface area contributed by atoms with E-state index in [1.165, 1.54) is 18.3 Å². The Kier molecular flexibility index (Phi) is 7.33. The summed E-state index contributed by atoms with van der Waals surface area (Å²) in [5.41, 5.74) is 2.17. The molecule has 5 nitrogen and oxygen atoms in total. The number of carbonyl (C=O) groups is 2. The van der Waals surface area contributed by atoms with Crippen LogP contribution in [0.2, 0.25) is 0 Å². The van der Waals surface area contributed by atoms with Crippen LogP contribution >= 0.6 is 0 Å². The summed E-state index contributed by atoms with van der Waals surface area (Å²) in [5, 5.41) is 5.80. The summed E-state index contributed by atoms with van der Waals surface area (Å²) in [5.74, 6) is -0.380. The molecule has 0 atom stereocenters. The molecule has 0 spiro atoms. The SMILES string of the molecule is CCc1ccccc1NC(=O)Nc1cccc(-c2c(C(=O)c3ccccc3)cnc3c(C(F)(F)F)cccc23)c1. The van der Waals surface area contributed by atoms with E-state index in [1.54, 1.807) is 60.7 Å². The Morgan fingerprint density at radius 1 is 0.825 bits per heavy atom. The Morgan fingerprint density at radius 3 is 2.30 bits per heavy atom. The number of carbonyl (C=O) groups excluding carboxylic acids is 2. The van der Waals surface area contributed by atoms with Gasteiger partial charge in [-0.05, 0) is 41.8 Å². The van der Waals surface area contributed by atoms with Crippen molar-refractivity contribution in [3.05, 3.63) is 126 Å². The van der Waals surface area contributed by atoms with Gasteiger partial charge in [0, 0.05) is 39.6 Å². The standard InChI is InChI=1S/C32H24F3N3O2/c1-2-20-10-6-7-17-27(20)38-31(40)37-23-14-8-13-22(18-23)28-24-15-9-16-26(32(33,34)35)29(24)36-19-25(28)30(39)21-11-4-3-5-12-21/h3-19H,2H2,1H3,(H2,37,38,40). The van der Waals surface area contributed by atoms with Gasteiger partial charge in [0.05, 0.1) is 11.1 Å². The van der Waals surface area contributed by atoms with Crippen LogP contribution in [0.4, 0.5) is 29.3 Å². The number of fused-ring (bicyclic) bond motifs is 1. The van der Waals surface area contributed by atoms with Gasteiger partial charge in [-0.15, -0.1) is 0 Å². The molecule has 5 aromatic rings. The Bertz CT molecular complexity index is 1720. The molecule has 0 fully saturated rings. The van der Waals surface area contributed by atoms with Crippen molar-refractivity contribution in [2.45, 2.75) is 19.5 Å². The maximum Gasteiger partial charge on any atom is 0.418 e. The van der Waals surface area contributed by atoms with E-state index in [-0.39, 0.29) is 22.2 Å². The quantitative estimate of drug-likeness (QED) is 0.213. The summed E-state index contributed by atoms with van der Waals surface area (Å²) in [7, 11) is 0. The number of hydrogen-bond acceptors (Lipinski definition) is 3. The van der Waals surface area contributed by atoms with Crippen LogP contribution in [0.15, 0.2) is 103 Å². The van der Waals surface area contributed by atoms with E-state index in [4.69, 9.17) is 0 Å². The van der Waals surface area contributed by atoms with E-state index in [1.807, 2.05) is 25.1 Å². The van der Waals surface area contributed by atoms with Crippen molar-refractivity contribution in [2.75, 3.05) is 10.6 Å². The molecule has 0 aliphatic carbocycles. The van der Waals surface area contributed by atoms with Crippen molar-refractivity contribution in [2.24, 2.45) is 0 Å². The number of nitrogens with one attached hydrogen (secondary N) is 2. The fourth-order valence-electron chi connectivity index (χ4n) is 4.67. The number of pyridine rings is 1. The van der Waals surface area contributed by atoms with Gasteiger partial charge in [0.25, 0.3) is 0 Å². The van der Waals surface area contributed by atoms with Crippen LogP contribution < -0.4 is 10.6 Å². The van der Waals surface area contributed by atoms with E-state index < -0.39 is 17.8 Å². The molecule has 200 valence electrons. The minimum Gasteiger partial charge on any atom is -0.308 e. The van der Waals surface area contributed by atoms with Gasteiger partial charge < -0.3 is 10.6 Å². The Labute approximate surface area is 228 Å². The number of anilines is 2. The Balaban J connectivity index is 1.60. The Morgan fingerprint density at radius 2 is 1.55 bits per heavy atom. The van der Waals surface area contributed by atoms with Crippen molar-refractivity contribution in [3.8, 4) is 11.1 Å². The van der Waals surface area contributed by atoms with Crippen LogP contribution in [0.1, 0.15) is 34.0 Å². The van der Waals surface area contributed by atoms with E-state index in [2.05, 4.69) is 15.6 Å². The molecular weight excluding hydrogens is 515 g/mol. The number of aryl methyl sites for hydroxylation is 1. The molecule has 1 heterocycles. The van der Waals surface area contributed by atoms with E-state index in [0.717, 1.165) is 18.1 Å². The third-order valence-electron chi connectivity index (χ3n) is 6.54. The zero-order valence-electron chi connectivity index (χ0n) is 21.4. The largest absolute Gasteiger partial charge is 0.418 e. The van der Waals surface area contributed by atoms with Crippen molar-refractivity contribution < 1.29 is 22.8 Å². The fraction of sp³-hybridized carbons (Fsp3) is 0.0938. The van der Waals surface area contributed by atoms with Crippen LogP contribution in [-0.2, 0) is 12.6 Å². The molecule has 0 aliphatic rings. The summed E-state index contributed by atoms with van der Waals surface area (Å²) < 4.78 is 41.6. The van der Waals surface area contributed by atoms with Gasteiger partial charge >= 0.3 is 12.2 Å². The third-order valence-corrected chi connectivity index (χ3v) is 6.54. The van der Waals surface area contributed by atoms with E-state index >= 15 is 0 Å². The van der Waals surface area contributed by atoms with E-state index in [9.17, 15) is 22.8 Å². The summed E-state index contributed by atoms with van der Waals surface area (Å²) in [6, 6.07) is 25.9. The number of halogens is 3. The number of aromatic nitrogens is 1. The fourth-order valence-corrected chi connectivity index (χ4v) is 4.67. The normalized spacial score (nSPS) is 11.3. The number of rotatable bonds is 6. The first-order chi connectivity index (χ1) is 19.3. The van der Waals surface area contributed by atoms with Crippen LogP contribution in [0.5, 0.6) is 0 Å². The number of urea groups is 1. The number of benzene rings is 4. The lowest BCUT2D eigenvalue weighted by molar-refractivity contribution is -0.136. The lowest BCUT2D eigenvalue weighted by atomic mass is 9.91. The molecule has 0 aliphatic heterocycles. The zero-order valence-corrected chi connectivity index (χ0v) is 21.4. The van der Waals surface area contributed by atoms with E-state index in [0.29, 0.717) is 28.1 Å². The highest BCUT2D eigenvalue weighted by Gasteiger charge is 2.34. The van der Waals surface area contributed by atoms with Gasteiger partial charge in [-0.25, -0.2) is 4.79 Å². The molecule has 4 aromatic carbocycles. The lowest BCUT2D eigenvalue weighted by Crippen LogP contribution is -2.20. The highest BCUT2D eigenvalue weighted by molar-refractivity contribution is 6.17. The molecule has 8 heteroatoms. The van der Waals surface area contributed by atoms with Gasteiger partial charge in [-0.1, -0.05) is 79.7 Å². The number of amides is 2. The lowest BCUT2D eigenvalue weighted by Gasteiger charge is -2.17. The summed E-state index contributed by atoms with van der Waals surface area (Å²) in [6.45, 7) is 1.99. The molecular formula is C32H24F3N3O2. The third kappa shape index (κ3) is 5.42. The van der Waals surface area contributed by atoms with Crippen molar-refractivity contribution in [1.29, 1.82) is 0 Å². The van der Waals surface area contributed by atoms with Crippen LogP contribution in [0.3, 0.4) is 0 Å². The van der Waals surface area contributed by atoms with Crippen LogP contribution in [0.25, 0.3) is 22.0 Å². The van der Waals surface area contributed by atoms with Gasteiger partial charge in [0.2, 0.25) is 0 Å². The predicted molar refractivity (Wildman–Crippen MR) is 151 cm³/mol. The summed E-state index contributed by atoms with van der Waals surface area (Å²) >= 11 is 0. The maximum absolute atomic E-state index is 13.9. The number of alkyl halides is 3. The predicted octanol–water partition coefficient (Wildman–Crippen LogP) is 8.36. The second kappa shape index (κ2) is 11.0. The van der Waals surface area contributed by atoms with Crippen molar-refractivity contribution in [3.63, 3.8) is 0 Å². The average molecular weight is 540 g/mol. The molecule has 0 bridgehead atoms. The first kappa shape index (κ1) is 26.6. The van der Waals surface area contributed by atoms with Crippen LogP contribution in [0, 0.1) is 0 Å². The average Bonchev–Trinajstić information content (AvgIpc) is 2.96. The van der Waals surface area contributed by atoms with Gasteiger partial charge in [0.1, 0.15) is 0 Å². The highest BCUT2D eigenvalue weighted by atomic mass is 19.4. The second-order valence-corrected chi connectivity index (χ2v) is 9.11. The monoisotopic (exact) mass is 539 g/mol. The van der Waals surface area contributed by atoms with Gasteiger partial charge in [-0.2, -0.15) is 13.2 Å². The molecule has 0 radical (unpaired) electrons. The first-order valence-corrected chi connectivity index (χ1v) is 12.6. The van der Waals surface area contributed by atoms with Crippen molar-refractivity contribution >= 4 is 34.1 Å². The molecule has 1 aromatic heterocycles. The molecule has 0 saturated carbocycles.